The molecule has 8 rings (SSSR count). The number of aromatic nitrogens is 3. The summed E-state index contributed by atoms with van der Waals surface area (Å²) in [5, 5.41) is 10.4. The van der Waals surface area contributed by atoms with Crippen LogP contribution in [0.25, 0.3) is 11.0 Å². The fourth-order valence-corrected chi connectivity index (χ4v) is 7.19. The molecule has 4 atom stereocenters. The third-order valence-electron chi connectivity index (χ3n) is 9.66. The second-order valence-electron chi connectivity index (χ2n) is 12.3. The smallest absolute Gasteiger partial charge is 0.339 e. The van der Waals surface area contributed by atoms with Gasteiger partial charge in [-0.05, 0) is 49.6 Å². The van der Waals surface area contributed by atoms with Crippen LogP contribution in [0.15, 0.2) is 48.7 Å². The Morgan fingerprint density at radius 1 is 1.13 bits per heavy atom. The molecule has 234 valence electrons. The number of halogens is 1. The van der Waals surface area contributed by atoms with Crippen molar-refractivity contribution >= 4 is 34.3 Å². The SMILES string of the molecule is COc1cc2nc(CN3CCN(c4cccc5c4O[C@@](C)(c4ccc(Cl)cn4)O5)[C@H]4CC[C@@H]43)n(C[C@@H]3CCO3)c2cc1C(=O)O. The summed E-state index contributed by atoms with van der Waals surface area (Å²) in [6.07, 6.45) is 4.84. The molecule has 45 heavy (non-hydrogen) atoms. The minimum absolute atomic E-state index is 0.0981. The number of carboxylic acid groups (broad SMARTS) is 1. The van der Waals surface area contributed by atoms with Gasteiger partial charge in [0.05, 0.1) is 48.0 Å². The molecule has 2 aromatic heterocycles. The highest BCUT2D eigenvalue weighted by atomic mass is 35.5. The average molecular weight is 632 g/mol. The molecule has 5 heterocycles. The van der Waals surface area contributed by atoms with Crippen molar-refractivity contribution in [1.29, 1.82) is 0 Å². The number of carbonyl (C=O) groups is 1. The summed E-state index contributed by atoms with van der Waals surface area (Å²) in [6.45, 7) is 5.59. The predicted molar refractivity (Wildman–Crippen MR) is 166 cm³/mol. The van der Waals surface area contributed by atoms with E-state index in [0.29, 0.717) is 47.4 Å². The molecular weight excluding hydrogens is 598 g/mol. The van der Waals surface area contributed by atoms with Crippen LogP contribution in [0.5, 0.6) is 17.2 Å². The fourth-order valence-electron chi connectivity index (χ4n) is 7.08. The van der Waals surface area contributed by atoms with Crippen molar-refractivity contribution in [3.05, 3.63) is 70.8 Å². The Bertz CT molecular complexity index is 1790. The van der Waals surface area contributed by atoms with E-state index in [1.807, 2.05) is 25.1 Å². The summed E-state index contributed by atoms with van der Waals surface area (Å²) < 4.78 is 26.2. The molecule has 0 radical (unpaired) electrons. The highest BCUT2D eigenvalue weighted by Crippen LogP contribution is 2.51. The maximum Gasteiger partial charge on any atom is 0.339 e. The van der Waals surface area contributed by atoms with Crippen LogP contribution in [0.3, 0.4) is 0 Å². The van der Waals surface area contributed by atoms with Gasteiger partial charge < -0.3 is 33.5 Å². The number of methoxy groups -OCH3 is 1. The molecule has 1 saturated carbocycles. The number of piperazine rings is 1. The van der Waals surface area contributed by atoms with Crippen LogP contribution < -0.4 is 19.1 Å². The third-order valence-corrected chi connectivity index (χ3v) is 9.89. The van der Waals surface area contributed by atoms with Crippen LogP contribution in [0.4, 0.5) is 5.69 Å². The predicted octanol–water partition coefficient (Wildman–Crippen LogP) is 5.08. The lowest BCUT2D eigenvalue weighted by atomic mass is 9.81. The van der Waals surface area contributed by atoms with Crippen LogP contribution in [-0.2, 0) is 23.6 Å². The molecule has 1 aliphatic carbocycles. The molecule has 11 nitrogen and oxygen atoms in total. The molecule has 3 fully saturated rings. The average Bonchev–Trinajstić information content (AvgIpc) is 3.51. The van der Waals surface area contributed by atoms with Crippen molar-refractivity contribution in [2.45, 2.75) is 63.3 Å². The largest absolute Gasteiger partial charge is 0.496 e. The van der Waals surface area contributed by atoms with Gasteiger partial charge in [-0.2, -0.15) is 0 Å². The van der Waals surface area contributed by atoms with Gasteiger partial charge in [0.1, 0.15) is 22.8 Å². The van der Waals surface area contributed by atoms with Gasteiger partial charge in [0.15, 0.2) is 11.5 Å². The molecule has 3 aliphatic heterocycles. The molecule has 2 saturated heterocycles. The van der Waals surface area contributed by atoms with Gasteiger partial charge >= 0.3 is 5.97 Å². The van der Waals surface area contributed by atoms with Crippen molar-refractivity contribution < 1.29 is 28.8 Å². The lowest BCUT2D eigenvalue weighted by molar-refractivity contribution is -0.0717. The molecule has 12 heteroatoms. The first-order valence-corrected chi connectivity index (χ1v) is 15.7. The number of pyridine rings is 1. The summed E-state index contributed by atoms with van der Waals surface area (Å²) in [7, 11) is 1.48. The summed E-state index contributed by atoms with van der Waals surface area (Å²) in [5.74, 6) is 0.587. The normalized spacial score (nSPS) is 25.5. The van der Waals surface area contributed by atoms with Crippen molar-refractivity contribution in [3.63, 3.8) is 0 Å². The molecule has 0 amide bonds. The van der Waals surface area contributed by atoms with E-state index in [1.54, 1.807) is 24.4 Å². The first-order valence-electron chi connectivity index (χ1n) is 15.4. The van der Waals surface area contributed by atoms with Crippen LogP contribution in [-0.4, -0.2) is 75.5 Å². The van der Waals surface area contributed by atoms with Crippen LogP contribution in [0.2, 0.25) is 5.02 Å². The topological polar surface area (TPSA) is 111 Å². The van der Waals surface area contributed by atoms with Gasteiger partial charge in [-0.3, -0.25) is 9.88 Å². The zero-order valence-electron chi connectivity index (χ0n) is 25.1. The van der Waals surface area contributed by atoms with Crippen LogP contribution >= 0.6 is 11.6 Å². The third kappa shape index (κ3) is 4.76. The van der Waals surface area contributed by atoms with Crippen molar-refractivity contribution in [3.8, 4) is 17.2 Å². The van der Waals surface area contributed by atoms with E-state index in [0.717, 1.165) is 67.3 Å². The lowest BCUT2D eigenvalue weighted by Gasteiger charge is -2.54. The number of ether oxygens (including phenoxy) is 4. The van der Waals surface area contributed by atoms with E-state index >= 15 is 0 Å². The van der Waals surface area contributed by atoms with Crippen LogP contribution in [0.1, 0.15) is 48.1 Å². The van der Waals surface area contributed by atoms with Gasteiger partial charge in [-0.25, -0.2) is 9.78 Å². The molecule has 0 spiro atoms. The Balaban J connectivity index is 1.06. The maximum absolute atomic E-state index is 12.0. The summed E-state index contributed by atoms with van der Waals surface area (Å²) >= 11 is 6.08. The van der Waals surface area contributed by atoms with E-state index in [2.05, 4.69) is 25.4 Å². The quantitative estimate of drug-likeness (QED) is 0.283. The number of fused-ring (bicyclic) bond motifs is 3. The van der Waals surface area contributed by atoms with E-state index in [1.165, 1.54) is 7.11 Å². The lowest BCUT2D eigenvalue weighted by Crippen LogP contribution is -2.64. The van der Waals surface area contributed by atoms with E-state index in [4.69, 9.17) is 35.5 Å². The molecule has 0 unspecified atom stereocenters. The molecule has 0 bridgehead atoms. The van der Waals surface area contributed by atoms with E-state index in [9.17, 15) is 9.90 Å². The zero-order chi connectivity index (χ0) is 30.9. The highest BCUT2D eigenvalue weighted by Gasteiger charge is 2.47. The van der Waals surface area contributed by atoms with Crippen molar-refractivity contribution in [2.75, 3.05) is 31.7 Å². The summed E-state index contributed by atoms with van der Waals surface area (Å²) in [6, 6.07) is 13.8. The Hall–Kier alpha value is -4.06. The standard InChI is InChI=1S/C33H34ClN5O6/c1-33(29-9-6-19(34)16-35-29)44-27-5-3-4-25(31(27)45-33)38-12-11-37(23-7-8-24(23)38)18-30-36-22-15-28(42-2)21(32(40)41)14-26(22)39(30)17-20-10-13-43-20/h3-6,9,14-16,20,23-24H,7-8,10-13,17-18H2,1-2H3,(H,40,41)/t20-,23-,24-,33-/m0/s1. The Morgan fingerprint density at radius 3 is 2.67 bits per heavy atom. The number of hydrogen-bond donors (Lipinski definition) is 1. The Morgan fingerprint density at radius 2 is 1.98 bits per heavy atom. The number of anilines is 1. The van der Waals surface area contributed by atoms with Crippen molar-refractivity contribution in [1.82, 2.24) is 19.4 Å². The molecule has 2 aromatic carbocycles. The number of imidazole rings is 1. The zero-order valence-corrected chi connectivity index (χ0v) is 25.9. The van der Waals surface area contributed by atoms with Crippen molar-refractivity contribution in [2.24, 2.45) is 0 Å². The molecule has 4 aromatic rings. The van der Waals surface area contributed by atoms with E-state index in [-0.39, 0.29) is 11.7 Å². The molecular formula is C33H34ClN5O6. The number of aromatic carboxylic acids is 1. The Kier molecular flexibility index (Phi) is 6.81. The Labute approximate surface area is 265 Å². The highest BCUT2D eigenvalue weighted by molar-refractivity contribution is 6.30. The number of para-hydroxylation sites is 1. The van der Waals surface area contributed by atoms with Gasteiger partial charge in [-0.1, -0.05) is 17.7 Å². The number of carboxylic acids is 1. The maximum atomic E-state index is 12.0. The summed E-state index contributed by atoms with van der Waals surface area (Å²) in [4.78, 5) is 26.5. The van der Waals surface area contributed by atoms with Gasteiger partial charge in [-0.15, -0.1) is 0 Å². The van der Waals surface area contributed by atoms with E-state index < -0.39 is 11.8 Å². The fraction of sp³-hybridized carbons (Fsp3) is 0.424. The first-order chi connectivity index (χ1) is 21.8. The second-order valence-corrected chi connectivity index (χ2v) is 12.7. The first kappa shape index (κ1) is 28.4. The summed E-state index contributed by atoms with van der Waals surface area (Å²) in [5.41, 5.74) is 3.33. The second kappa shape index (κ2) is 10.8. The number of rotatable bonds is 8. The molecule has 1 N–H and O–H groups in total. The number of hydrogen-bond acceptors (Lipinski definition) is 9. The van der Waals surface area contributed by atoms with Crippen LogP contribution in [0, 0.1) is 0 Å². The molecule has 4 aliphatic rings. The number of benzene rings is 2. The monoisotopic (exact) mass is 631 g/mol. The van der Waals surface area contributed by atoms with Gasteiger partial charge in [0, 0.05) is 51.0 Å². The minimum Gasteiger partial charge on any atom is -0.496 e. The number of nitrogens with zero attached hydrogens (tertiary/aromatic N) is 5. The van der Waals surface area contributed by atoms with Gasteiger partial charge in [0.25, 0.3) is 5.79 Å². The minimum atomic E-state index is -1.05. The van der Waals surface area contributed by atoms with Gasteiger partial charge in [0.2, 0.25) is 0 Å².